The molecule has 3 rings (SSSR count). The first kappa shape index (κ1) is 17.5. The van der Waals surface area contributed by atoms with Crippen molar-refractivity contribution < 1.29 is 9.53 Å². The molecule has 0 saturated heterocycles. The van der Waals surface area contributed by atoms with E-state index in [0.29, 0.717) is 0 Å². The number of rotatable bonds is 5. The number of aromatic nitrogens is 1. The number of nitrogens with zero attached hydrogens (tertiary/aromatic N) is 1. The number of hydrogen-bond donors (Lipinski definition) is 1. The molecule has 0 spiro atoms. The van der Waals surface area contributed by atoms with Crippen molar-refractivity contribution in [1.82, 2.24) is 9.88 Å². The van der Waals surface area contributed by atoms with Crippen molar-refractivity contribution in [3.8, 4) is 0 Å². The van der Waals surface area contributed by atoms with Gasteiger partial charge in [0.05, 0.1) is 7.11 Å². The second-order valence-electron chi connectivity index (χ2n) is 6.16. The summed E-state index contributed by atoms with van der Waals surface area (Å²) in [5, 5.41) is 1.20. The quantitative estimate of drug-likeness (QED) is 0.327. The van der Waals surface area contributed by atoms with Crippen molar-refractivity contribution in [3.05, 3.63) is 47.2 Å². The van der Waals surface area contributed by atoms with Gasteiger partial charge in [0, 0.05) is 36.2 Å². The molecule has 0 bridgehead atoms. The minimum Gasteiger partial charge on any atom is -0.468 e. The fourth-order valence-electron chi connectivity index (χ4n) is 3.33. The Balaban J connectivity index is 1.96. The largest absolute Gasteiger partial charge is 0.468 e. The van der Waals surface area contributed by atoms with E-state index in [-0.39, 0.29) is 9.89 Å². The van der Waals surface area contributed by atoms with E-state index < -0.39 is 0 Å². The standard InChI is InChI=1S/C19H23IN2O2/c1-3-13-7-6-10-22(11-13)12-15-14-8-4-5-9-16(14)21-18(15)17(20)19(23)24-2/h4-5,7-9,17,21H,3,6,10-12H2,1-2H3/t17-/m0/s1. The van der Waals surface area contributed by atoms with Gasteiger partial charge >= 0.3 is 5.97 Å². The number of nitrogens with one attached hydrogen (secondary N) is 1. The lowest BCUT2D eigenvalue weighted by Gasteiger charge is -2.27. The molecule has 0 saturated carbocycles. The molecule has 1 atom stereocenters. The summed E-state index contributed by atoms with van der Waals surface area (Å²) in [6.07, 6.45) is 4.57. The summed E-state index contributed by atoms with van der Waals surface area (Å²) < 4.78 is 4.63. The molecular weight excluding hydrogens is 415 g/mol. The van der Waals surface area contributed by atoms with Gasteiger partial charge in [-0.2, -0.15) is 0 Å². The Morgan fingerprint density at radius 3 is 2.96 bits per heavy atom. The highest BCUT2D eigenvalue weighted by Gasteiger charge is 2.26. The van der Waals surface area contributed by atoms with Gasteiger partial charge < -0.3 is 9.72 Å². The highest BCUT2D eigenvalue weighted by molar-refractivity contribution is 14.1. The Labute approximate surface area is 156 Å². The lowest BCUT2D eigenvalue weighted by molar-refractivity contribution is -0.139. The van der Waals surface area contributed by atoms with E-state index in [2.05, 4.69) is 63.7 Å². The second kappa shape index (κ2) is 7.70. The van der Waals surface area contributed by atoms with Crippen LogP contribution in [-0.4, -0.2) is 36.1 Å². The monoisotopic (exact) mass is 438 g/mol. The number of methoxy groups -OCH3 is 1. The summed E-state index contributed by atoms with van der Waals surface area (Å²) in [6.45, 7) is 5.14. The molecule has 5 heteroatoms. The number of carbonyl (C=O) groups excluding carboxylic acids is 1. The first-order valence-electron chi connectivity index (χ1n) is 8.35. The number of ether oxygens (including phenoxy) is 1. The molecule has 0 amide bonds. The van der Waals surface area contributed by atoms with Gasteiger partial charge in [-0.15, -0.1) is 0 Å². The highest BCUT2D eigenvalue weighted by Crippen LogP contribution is 2.33. The minimum atomic E-state index is -0.319. The van der Waals surface area contributed by atoms with Gasteiger partial charge in [0.25, 0.3) is 0 Å². The number of hydrogen-bond acceptors (Lipinski definition) is 3. The molecule has 128 valence electrons. The number of H-pyrrole nitrogens is 1. The first-order chi connectivity index (χ1) is 11.6. The molecular formula is C19H23IN2O2. The van der Waals surface area contributed by atoms with Crippen molar-refractivity contribution in [3.63, 3.8) is 0 Å². The van der Waals surface area contributed by atoms with Crippen LogP contribution >= 0.6 is 22.6 Å². The van der Waals surface area contributed by atoms with Gasteiger partial charge in [0.1, 0.15) is 3.92 Å². The zero-order chi connectivity index (χ0) is 17.1. The smallest absolute Gasteiger partial charge is 0.324 e. The normalized spacial score (nSPS) is 16.9. The Morgan fingerprint density at radius 2 is 2.21 bits per heavy atom. The molecule has 0 aliphatic carbocycles. The SMILES string of the molecule is CCC1=CCCN(Cc2c([C@H](I)C(=O)OC)[nH]c3ccccc23)C1. The maximum atomic E-state index is 12.1. The van der Waals surface area contributed by atoms with Crippen LogP contribution in [0.2, 0.25) is 0 Å². The van der Waals surface area contributed by atoms with Crippen molar-refractivity contribution in [2.75, 3.05) is 20.2 Å². The number of esters is 1. The molecule has 0 fully saturated rings. The van der Waals surface area contributed by atoms with Gasteiger partial charge in [-0.25, -0.2) is 0 Å². The van der Waals surface area contributed by atoms with Crippen LogP contribution in [-0.2, 0) is 16.1 Å². The molecule has 0 unspecified atom stereocenters. The average Bonchev–Trinajstić information content (AvgIpc) is 2.99. The predicted molar refractivity (Wildman–Crippen MR) is 105 cm³/mol. The van der Waals surface area contributed by atoms with Gasteiger partial charge in [0.2, 0.25) is 0 Å². The molecule has 1 aromatic carbocycles. The number of halogens is 1. The van der Waals surface area contributed by atoms with E-state index in [1.165, 1.54) is 23.6 Å². The molecule has 24 heavy (non-hydrogen) atoms. The van der Waals surface area contributed by atoms with E-state index >= 15 is 0 Å². The van der Waals surface area contributed by atoms with Crippen LogP contribution in [0.3, 0.4) is 0 Å². The highest BCUT2D eigenvalue weighted by atomic mass is 127. The topological polar surface area (TPSA) is 45.3 Å². The van der Waals surface area contributed by atoms with E-state index in [9.17, 15) is 4.79 Å². The summed E-state index contributed by atoms with van der Waals surface area (Å²) in [4.78, 5) is 18.0. The van der Waals surface area contributed by atoms with E-state index in [1.54, 1.807) is 0 Å². The number of para-hydroxylation sites is 1. The van der Waals surface area contributed by atoms with Gasteiger partial charge in [-0.05, 0) is 24.5 Å². The van der Waals surface area contributed by atoms with Crippen molar-refractivity contribution in [1.29, 1.82) is 0 Å². The molecule has 1 aromatic heterocycles. The van der Waals surface area contributed by atoms with E-state index in [1.807, 2.05) is 6.07 Å². The van der Waals surface area contributed by atoms with Crippen LogP contribution in [0.15, 0.2) is 35.9 Å². The molecule has 0 radical (unpaired) electrons. The van der Waals surface area contributed by atoms with Gasteiger partial charge in [-0.3, -0.25) is 9.69 Å². The van der Waals surface area contributed by atoms with Crippen LogP contribution in [0.1, 0.15) is 34.9 Å². The fourth-order valence-corrected chi connectivity index (χ4v) is 4.11. The summed E-state index contributed by atoms with van der Waals surface area (Å²) in [5.41, 5.74) is 4.77. The van der Waals surface area contributed by atoms with Crippen LogP contribution in [0.5, 0.6) is 0 Å². The van der Waals surface area contributed by atoms with Crippen molar-refractivity contribution in [2.24, 2.45) is 0 Å². The van der Waals surface area contributed by atoms with E-state index in [4.69, 9.17) is 4.74 Å². The first-order valence-corrected chi connectivity index (χ1v) is 9.60. The van der Waals surface area contributed by atoms with Crippen LogP contribution in [0.4, 0.5) is 0 Å². The fraction of sp³-hybridized carbons (Fsp3) is 0.421. The van der Waals surface area contributed by atoms with Crippen LogP contribution in [0.25, 0.3) is 10.9 Å². The third-order valence-electron chi connectivity index (χ3n) is 4.65. The third kappa shape index (κ3) is 3.52. The maximum Gasteiger partial charge on any atom is 0.324 e. The Kier molecular flexibility index (Phi) is 5.61. The summed E-state index contributed by atoms with van der Waals surface area (Å²) >= 11 is 2.16. The number of carbonyl (C=O) groups is 1. The lowest BCUT2D eigenvalue weighted by Crippen LogP contribution is -2.30. The maximum absolute atomic E-state index is 12.1. The molecule has 1 aliphatic heterocycles. The van der Waals surface area contributed by atoms with Crippen molar-refractivity contribution in [2.45, 2.75) is 30.2 Å². The van der Waals surface area contributed by atoms with Crippen molar-refractivity contribution >= 4 is 39.5 Å². The summed E-state index contributed by atoms with van der Waals surface area (Å²) in [7, 11) is 1.44. The summed E-state index contributed by atoms with van der Waals surface area (Å²) in [6, 6.07) is 8.27. The number of benzene rings is 1. The minimum absolute atomic E-state index is 0.212. The average molecular weight is 438 g/mol. The zero-order valence-electron chi connectivity index (χ0n) is 14.1. The van der Waals surface area contributed by atoms with Crippen LogP contribution < -0.4 is 0 Å². The second-order valence-corrected chi connectivity index (χ2v) is 7.41. The van der Waals surface area contributed by atoms with Crippen LogP contribution in [0, 0.1) is 0 Å². The Hall–Kier alpha value is -1.34. The van der Waals surface area contributed by atoms with E-state index in [0.717, 1.165) is 43.7 Å². The molecule has 2 aromatic rings. The molecule has 1 aliphatic rings. The van der Waals surface area contributed by atoms with Gasteiger partial charge in [0.15, 0.2) is 0 Å². The van der Waals surface area contributed by atoms with Gasteiger partial charge in [-0.1, -0.05) is 59.4 Å². The molecule has 2 heterocycles. The zero-order valence-corrected chi connectivity index (χ0v) is 16.3. The Morgan fingerprint density at radius 1 is 1.42 bits per heavy atom. The molecule has 1 N–H and O–H groups in total. The summed E-state index contributed by atoms with van der Waals surface area (Å²) in [5.74, 6) is -0.212. The number of alkyl halides is 1. The predicted octanol–water partition coefficient (Wildman–Crippen LogP) is 4.36. The number of fused-ring (bicyclic) bond motifs is 1. The molecule has 4 nitrogen and oxygen atoms in total. The number of aromatic amines is 1. The Bertz CT molecular complexity index is 766. The lowest BCUT2D eigenvalue weighted by atomic mass is 10.0. The third-order valence-corrected chi connectivity index (χ3v) is 5.78.